The van der Waals surface area contributed by atoms with Crippen LogP contribution < -0.4 is 10.1 Å². The van der Waals surface area contributed by atoms with Gasteiger partial charge < -0.3 is 10.1 Å². The number of carbonyl (C=O) groups excluding carboxylic acids is 1. The molecule has 0 aliphatic carbocycles. The zero-order valence-electron chi connectivity index (χ0n) is 12.9. The topological polar surface area (TPSA) is 63.0 Å². The van der Waals surface area contributed by atoms with Gasteiger partial charge in [-0.05, 0) is 41.5 Å². The van der Waals surface area contributed by atoms with Crippen molar-refractivity contribution >= 4 is 29.1 Å². The molecular weight excluding hydrogens is 348 g/mol. The summed E-state index contributed by atoms with van der Waals surface area (Å²) in [7, 11) is 0. The van der Waals surface area contributed by atoms with Gasteiger partial charge in [-0.1, -0.05) is 23.9 Å². The van der Waals surface area contributed by atoms with Crippen LogP contribution in [0.5, 0.6) is 5.75 Å². The third kappa shape index (κ3) is 4.87. The molecular formula is C17H13F2N3O2S. The van der Waals surface area contributed by atoms with Crippen molar-refractivity contribution in [1.29, 1.82) is 0 Å². The fourth-order valence-corrected chi connectivity index (χ4v) is 2.61. The Bertz CT molecular complexity index is 838. The first-order valence-electron chi connectivity index (χ1n) is 7.30. The minimum atomic E-state index is -0.540. The molecule has 3 rings (SSSR count). The maximum atomic E-state index is 14.1. The van der Waals surface area contributed by atoms with Crippen LogP contribution in [0.15, 0.2) is 52.7 Å². The minimum Gasteiger partial charge on any atom is -0.486 e. The van der Waals surface area contributed by atoms with Gasteiger partial charge in [0.25, 0.3) is 0 Å². The molecule has 0 unspecified atom stereocenters. The third-order valence-electron chi connectivity index (χ3n) is 3.21. The van der Waals surface area contributed by atoms with Crippen molar-refractivity contribution in [2.75, 3.05) is 5.75 Å². The number of ether oxygens (including phenoxy) is 1. The maximum absolute atomic E-state index is 14.1. The first-order valence-corrected chi connectivity index (χ1v) is 8.29. The average molecular weight is 361 g/mol. The van der Waals surface area contributed by atoms with Crippen LogP contribution in [-0.4, -0.2) is 23.0 Å². The number of halogens is 2. The molecule has 5 nitrogen and oxygen atoms in total. The Hall–Kier alpha value is -2.74. The van der Waals surface area contributed by atoms with Crippen LogP contribution in [0.3, 0.4) is 0 Å². The Labute approximate surface area is 146 Å². The highest BCUT2D eigenvalue weighted by Gasteiger charge is 2.15. The molecule has 0 radical (unpaired) electrons. The highest BCUT2D eigenvalue weighted by Crippen LogP contribution is 2.19. The van der Waals surface area contributed by atoms with Gasteiger partial charge in [0.2, 0.25) is 5.91 Å². The second-order valence-electron chi connectivity index (χ2n) is 5.09. The van der Waals surface area contributed by atoms with E-state index in [1.165, 1.54) is 42.2 Å². The Morgan fingerprint density at radius 2 is 2.00 bits per heavy atom. The van der Waals surface area contributed by atoms with Crippen LogP contribution >= 0.6 is 11.8 Å². The predicted octanol–water partition coefficient (Wildman–Crippen LogP) is 3.10. The number of benzene rings is 2. The quantitative estimate of drug-likeness (QED) is 0.658. The van der Waals surface area contributed by atoms with E-state index in [-0.39, 0.29) is 24.1 Å². The second kappa shape index (κ2) is 7.89. The normalized spacial score (nSPS) is 15.8. The van der Waals surface area contributed by atoms with E-state index < -0.39 is 5.82 Å². The zero-order chi connectivity index (χ0) is 17.6. The molecule has 1 fully saturated rings. The number of amides is 1. The molecule has 2 aromatic rings. The van der Waals surface area contributed by atoms with Gasteiger partial charge in [0.05, 0.1) is 12.0 Å². The van der Waals surface area contributed by atoms with E-state index in [0.29, 0.717) is 16.5 Å². The Morgan fingerprint density at radius 3 is 2.68 bits per heavy atom. The van der Waals surface area contributed by atoms with E-state index >= 15 is 0 Å². The van der Waals surface area contributed by atoms with Gasteiger partial charge in [0.1, 0.15) is 12.4 Å². The van der Waals surface area contributed by atoms with Crippen LogP contribution in [0.4, 0.5) is 8.78 Å². The number of hydrogen-bond donors (Lipinski definition) is 1. The summed E-state index contributed by atoms with van der Waals surface area (Å²) in [6.07, 6.45) is 1.38. The fraction of sp³-hybridized carbons (Fsp3) is 0.118. The van der Waals surface area contributed by atoms with Crippen LogP contribution in [0.25, 0.3) is 0 Å². The van der Waals surface area contributed by atoms with Crippen molar-refractivity contribution in [1.82, 2.24) is 5.32 Å². The van der Waals surface area contributed by atoms with Gasteiger partial charge in [0, 0.05) is 0 Å². The number of hydrogen-bond acceptors (Lipinski definition) is 5. The summed E-state index contributed by atoms with van der Waals surface area (Å²) in [5.74, 6) is -0.581. The van der Waals surface area contributed by atoms with E-state index in [9.17, 15) is 13.6 Å². The summed E-state index contributed by atoms with van der Waals surface area (Å²) in [6, 6.07) is 10.2. The lowest BCUT2D eigenvalue weighted by molar-refractivity contribution is -0.116. The minimum absolute atomic E-state index is 0.0893. The SMILES string of the molecule is O=C1CSC(=NN=Cc2ccc(OCc3ccc(F)cc3)c(F)c2)N1. The van der Waals surface area contributed by atoms with Gasteiger partial charge >= 0.3 is 0 Å². The van der Waals surface area contributed by atoms with E-state index in [4.69, 9.17) is 4.74 Å². The third-order valence-corrected chi connectivity index (χ3v) is 4.07. The van der Waals surface area contributed by atoms with E-state index in [0.717, 1.165) is 5.56 Å². The van der Waals surface area contributed by atoms with Crippen molar-refractivity contribution in [3.63, 3.8) is 0 Å². The molecule has 0 spiro atoms. The standard InChI is InChI=1S/C17H13F2N3O2S/c18-13-4-1-11(2-5-13)9-24-15-6-3-12(7-14(15)19)8-20-22-17-21-16(23)10-25-17/h1-8H,9-10H2,(H,21,22,23). The summed E-state index contributed by atoms with van der Waals surface area (Å²) < 4.78 is 32.3. The first kappa shape index (κ1) is 17.1. The molecule has 0 atom stereocenters. The Balaban J connectivity index is 1.60. The first-order chi connectivity index (χ1) is 12.1. The van der Waals surface area contributed by atoms with Crippen LogP contribution in [0.2, 0.25) is 0 Å². The molecule has 0 bridgehead atoms. The van der Waals surface area contributed by atoms with Crippen molar-refractivity contribution in [3.8, 4) is 5.75 Å². The van der Waals surface area contributed by atoms with E-state index in [2.05, 4.69) is 15.5 Å². The molecule has 1 N–H and O–H groups in total. The van der Waals surface area contributed by atoms with E-state index in [1.807, 2.05) is 0 Å². The molecule has 1 saturated heterocycles. The van der Waals surface area contributed by atoms with E-state index in [1.54, 1.807) is 18.2 Å². The summed E-state index contributed by atoms with van der Waals surface area (Å²) in [6.45, 7) is 0.134. The molecule has 2 aromatic carbocycles. The largest absolute Gasteiger partial charge is 0.486 e. The molecule has 1 aliphatic heterocycles. The van der Waals surface area contributed by atoms with Crippen molar-refractivity contribution in [3.05, 3.63) is 65.2 Å². The summed E-state index contributed by atoms with van der Waals surface area (Å²) >= 11 is 1.25. The maximum Gasteiger partial charge on any atom is 0.236 e. The summed E-state index contributed by atoms with van der Waals surface area (Å²) in [5, 5.41) is 10.6. The zero-order valence-corrected chi connectivity index (χ0v) is 13.7. The number of carbonyl (C=O) groups is 1. The number of nitrogens with one attached hydrogen (secondary N) is 1. The lowest BCUT2D eigenvalue weighted by atomic mass is 10.2. The molecule has 0 aromatic heterocycles. The average Bonchev–Trinajstić information content (AvgIpc) is 3.01. The smallest absolute Gasteiger partial charge is 0.236 e. The van der Waals surface area contributed by atoms with Crippen molar-refractivity contribution in [2.45, 2.75) is 6.61 Å². The summed E-state index contributed by atoms with van der Waals surface area (Å²) in [5.41, 5.74) is 1.24. The van der Waals surface area contributed by atoms with Gasteiger partial charge in [-0.2, -0.15) is 5.10 Å². The van der Waals surface area contributed by atoms with Gasteiger partial charge in [-0.3, -0.25) is 4.79 Å². The molecule has 0 saturated carbocycles. The van der Waals surface area contributed by atoms with Gasteiger partial charge in [-0.25, -0.2) is 8.78 Å². The highest BCUT2D eigenvalue weighted by molar-refractivity contribution is 8.15. The van der Waals surface area contributed by atoms with Gasteiger partial charge in [0.15, 0.2) is 16.7 Å². The number of amidine groups is 1. The number of rotatable bonds is 5. The molecule has 25 heavy (non-hydrogen) atoms. The van der Waals surface area contributed by atoms with Crippen LogP contribution in [-0.2, 0) is 11.4 Å². The Kier molecular flexibility index (Phi) is 5.39. The second-order valence-corrected chi connectivity index (χ2v) is 6.06. The van der Waals surface area contributed by atoms with Gasteiger partial charge in [-0.15, -0.1) is 5.10 Å². The Morgan fingerprint density at radius 1 is 1.20 bits per heavy atom. The van der Waals surface area contributed by atoms with Crippen LogP contribution in [0.1, 0.15) is 11.1 Å². The van der Waals surface area contributed by atoms with Crippen molar-refractivity contribution in [2.24, 2.45) is 10.2 Å². The van der Waals surface area contributed by atoms with Crippen LogP contribution in [0, 0.1) is 11.6 Å². The summed E-state index contributed by atoms with van der Waals surface area (Å²) in [4.78, 5) is 11.0. The number of nitrogens with zero attached hydrogens (tertiary/aromatic N) is 2. The molecule has 8 heteroatoms. The highest BCUT2D eigenvalue weighted by atomic mass is 32.2. The predicted molar refractivity (Wildman–Crippen MR) is 92.8 cm³/mol. The van der Waals surface area contributed by atoms with Crippen molar-refractivity contribution < 1.29 is 18.3 Å². The molecule has 1 aliphatic rings. The molecule has 1 heterocycles. The fourth-order valence-electron chi connectivity index (χ4n) is 1.98. The molecule has 1 amide bonds. The number of thioether (sulfide) groups is 1. The molecule has 128 valence electrons. The lowest BCUT2D eigenvalue weighted by Crippen LogP contribution is -2.19. The monoisotopic (exact) mass is 361 g/mol. The lowest BCUT2D eigenvalue weighted by Gasteiger charge is -2.07.